The molecule has 0 aromatic carbocycles. The van der Waals surface area contributed by atoms with Gasteiger partial charge in [0.1, 0.15) is 5.65 Å². The van der Waals surface area contributed by atoms with Crippen molar-refractivity contribution in [3.8, 4) is 11.1 Å². The van der Waals surface area contributed by atoms with Gasteiger partial charge >= 0.3 is 0 Å². The molecule has 0 radical (unpaired) electrons. The molecule has 4 heteroatoms. The Labute approximate surface area is 136 Å². The van der Waals surface area contributed by atoms with Crippen LogP contribution >= 0.6 is 0 Å². The van der Waals surface area contributed by atoms with Crippen molar-refractivity contribution in [2.45, 2.75) is 33.6 Å². The van der Waals surface area contributed by atoms with Crippen LogP contribution in [0.4, 0.5) is 0 Å². The fourth-order valence-corrected chi connectivity index (χ4v) is 3.95. The molecule has 0 fully saturated rings. The average molecular weight is 306 g/mol. The molecule has 1 aliphatic rings. The molecule has 0 amide bonds. The molecule has 0 bridgehead atoms. The summed E-state index contributed by atoms with van der Waals surface area (Å²) in [5, 5.41) is 8.09. The molecule has 3 heterocycles. The number of aromatic amines is 2. The van der Waals surface area contributed by atoms with Gasteiger partial charge in [-0.05, 0) is 41.4 Å². The van der Waals surface area contributed by atoms with Crippen LogP contribution in [0.1, 0.15) is 39.2 Å². The smallest absolute Gasteiger partial charge is 0.137 e. The zero-order chi connectivity index (χ0) is 16.0. The summed E-state index contributed by atoms with van der Waals surface area (Å²) in [6.45, 7) is 6.98. The fraction of sp³-hybridized carbons (Fsp3) is 0.368. The Morgan fingerprint density at radius 3 is 2.78 bits per heavy atom. The number of aromatic nitrogens is 4. The van der Waals surface area contributed by atoms with E-state index in [4.69, 9.17) is 0 Å². The molecule has 1 aliphatic carbocycles. The number of nitrogens with zero attached hydrogens (tertiary/aromatic N) is 2. The first-order valence-electron chi connectivity index (χ1n) is 8.20. The van der Waals surface area contributed by atoms with Gasteiger partial charge in [0.2, 0.25) is 0 Å². The number of pyridine rings is 1. The average Bonchev–Trinajstić information content (AvgIpc) is 3.13. The van der Waals surface area contributed by atoms with Crippen LogP contribution in [-0.2, 0) is 0 Å². The van der Waals surface area contributed by atoms with E-state index in [1.807, 2.05) is 24.8 Å². The lowest BCUT2D eigenvalue weighted by Crippen LogP contribution is -2.18. The van der Waals surface area contributed by atoms with E-state index in [0.29, 0.717) is 5.92 Å². The maximum Gasteiger partial charge on any atom is 0.137 e. The summed E-state index contributed by atoms with van der Waals surface area (Å²) in [4.78, 5) is 7.89. The summed E-state index contributed by atoms with van der Waals surface area (Å²) in [6.07, 6.45) is 12.6. The van der Waals surface area contributed by atoms with Crippen molar-refractivity contribution in [2.24, 2.45) is 11.3 Å². The predicted molar refractivity (Wildman–Crippen MR) is 93.8 cm³/mol. The minimum atomic E-state index is 0.257. The van der Waals surface area contributed by atoms with Crippen molar-refractivity contribution in [1.29, 1.82) is 0 Å². The van der Waals surface area contributed by atoms with Gasteiger partial charge in [-0.25, -0.2) is 4.98 Å². The number of rotatable bonds is 2. The molecule has 4 rings (SSSR count). The molecule has 3 aromatic rings. The Morgan fingerprint density at radius 2 is 2.04 bits per heavy atom. The van der Waals surface area contributed by atoms with Gasteiger partial charge in [0.15, 0.2) is 0 Å². The number of hydrogen-bond acceptors (Lipinski definition) is 2. The first kappa shape index (κ1) is 14.2. The van der Waals surface area contributed by atoms with Crippen molar-refractivity contribution < 1.29 is 0 Å². The van der Waals surface area contributed by atoms with Crippen molar-refractivity contribution in [3.05, 3.63) is 42.5 Å². The molecule has 1 unspecified atom stereocenters. The quantitative estimate of drug-likeness (QED) is 0.715. The van der Waals surface area contributed by atoms with Gasteiger partial charge in [-0.1, -0.05) is 26.8 Å². The minimum absolute atomic E-state index is 0.257. The maximum atomic E-state index is 4.63. The minimum Gasteiger partial charge on any atom is -0.346 e. The number of allylic oxidation sites excluding steroid dienone is 2. The van der Waals surface area contributed by atoms with E-state index in [2.05, 4.69) is 53.1 Å². The van der Waals surface area contributed by atoms with Crippen molar-refractivity contribution in [1.82, 2.24) is 20.2 Å². The second-order valence-electron chi connectivity index (χ2n) is 7.48. The summed E-state index contributed by atoms with van der Waals surface area (Å²) in [5.41, 5.74) is 6.07. The molecule has 2 N–H and O–H groups in total. The molecule has 23 heavy (non-hydrogen) atoms. The molecule has 0 saturated heterocycles. The van der Waals surface area contributed by atoms with Crippen LogP contribution < -0.4 is 0 Å². The topological polar surface area (TPSA) is 57.4 Å². The molecule has 0 aliphatic heterocycles. The van der Waals surface area contributed by atoms with Gasteiger partial charge in [0.05, 0.1) is 6.20 Å². The SMILES string of the molecule is CC1CC(c2cnc3[nH]cc(-c4cn[nH]c4)c3c2)=CC(C)(C)C1. The zero-order valence-electron chi connectivity index (χ0n) is 13.9. The largest absolute Gasteiger partial charge is 0.346 e. The molecule has 4 nitrogen and oxygen atoms in total. The third-order valence-corrected chi connectivity index (χ3v) is 4.72. The first-order chi connectivity index (χ1) is 11.0. The summed E-state index contributed by atoms with van der Waals surface area (Å²) in [6, 6.07) is 2.26. The molecule has 1 atom stereocenters. The number of hydrogen-bond donors (Lipinski definition) is 2. The predicted octanol–water partition coefficient (Wildman–Crippen LogP) is 4.79. The normalized spacial score (nSPS) is 20.7. The second kappa shape index (κ2) is 5.08. The van der Waals surface area contributed by atoms with Crippen LogP contribution in [-0.4, -0.2) is 20.2 Å². The Balaban J connectivity index is 1.83. The first-order valence-corrected chi connectivity index (χ1v) is 8.20. The molecule has 0 spiro atoms. The van der Waals surface area contributed by atoms with E-state index in [0.717, 1.165) is 28.6 Å². The Hall–Kier alpha value is -2.36. The number of fused-ring (bicyclic) bond motifs is 1. The number of H-pyrrole nitrogens is 2. The maximum absolute atomic E-state index is 4.63. The third-order valence-electron chi connectivity index (χ3n) is 4.72. The van der Waals surface area contributed by atoms with Gasteiger partial charge in [-0.2, -0.15) is 5.10 Å². The van der Waals surface area contributed by atoms with Gasteiger partial charge < -0.3 is 4.98 Å². The van der Waals surface area contributed by atoms with E-state index in [1.165, 1.54) is 17.6 Å². The zero-order valence-corrected chi connectivity index (χ0v) is 13.9. The summed E-state index contributed by atoms with van der Waals surface area (Å²) in [7, 11) is 0. The number of nitrogens with one attached hydrogen (secondary N) is 2. The van der Waals surface area contributed by atoms with Crippen LogP contribution in [0.5, 0.6) is 0 Å². The van der Waals surface area contributed by atoms with E-state index in [1.54, 1.807) is 0 Å². The Morgan fingerprint density at radius 1 is 1.17 bits per heavy atom. The van der Waals surface area contributed by atoms with Gasteiger partial charge in [0.25, 0.3) is 0 Å². The highest BCUT2D eigenvalue weighted by Gasteiger charge is 2.26. The van der Waals surface area contributed by atoms with Gasteiger partial charge in [-0.3, -0.25) is 5.10 Å². The van der Waals surface area contributed by atoms with Crippen LogP contribution in [0, 0.1) is 11.3 Å². The van der Waals surface area contributed by atoms with E-state index in [9.17, 15) is 0 Å². The molecule has 3 aromatic heterocycles. The van der Waals surface area contributed by atoms with Crippen molar-refractivity contribution in [2.75, 3.05) is 0 Å². The standard InChI is InChI=1S/C19H22N4/c1-12-4-13(7-19(2,3)6-12)14-5-16-17(15-9-22-23-10-15)11-21-18(16)20-8-14/h5,7-12H,4,6H2,1-3H3,(H,20,21)(H,22,23). The van der Waals surface area contributed by atoms with Crippen LogP contribution in [0.25, 0.3) is 27.7 Å². The molecule has 118 valence electrons. The lowest BCUT2D eigenvalue weighted by atomic mass is 9.73. The summed E-state index contributed by atoms with van der Waals surface area (Å²) in [5.74, 6) is 0.709. The van der Waals surface area contributed by atoms with Crippen LogP contribution in [0.2, 0.25) is 0 Å². The third kappa shape index (κ3) is 2.58. The van der Waals surface area contributed by atoms with Crippen LogP contribution in [0.3, 0.4) is 0 Å². The Bertz CT molecular complexity index is 868. The van der Waals surface area contributed by atoms with Gasteiger partial charge in [-0.15, -0.1) is 0 Å². The highest BCUT2D eigenvalue weighted by Crippen LogP contribution is 2.41. The lowest BCUT2D eigenvalue weighted by Gasteiger charge is -2.32. The fourth-order valence-electron chi connectivity index (χ4n) is 3.95. The highest BCUT2D eigenvalue weighted by molar-refractivity contribution is 5.94. The van der Waals surface area contributed by atoms with E-state index >= 15 is 0 Å². The summed E-state index contributed by atoms with van der Waals surface area (Å²) < 4.78 is 0. The van der Waals surface area contributed by atoms with E-state index < -0.39 is 0 Å². The van der Waals surface area contributed by atoms with Gasteiger partial charge in [0, 0.05) is 35.1 Å². The van der Waals surface area contributed by atoms with Crippen molar-refractivity contribution >= 4 is 16.6 Å². The summed E-state index contributed by atoms with van der Waals surface area (Å²) >= 11 is 0. The molecular weight excluding hydrogens is 284 g/mol. The lowest BCUT2D eigenvalue weighted by molar-refractivity contribution is 0.337. The monoisotopic (exact) mass is 306 g/mol. The van der Waals surface area contributed by atoms with Crippen molar-refractivity contribution in [3.63, 3.8) is 0 Å². The molecule has 0 saturated carbocycles. The van der Waals surface area contributed by atoms with Crippen LogP contribution in [0.15, 0.2) is 36.9 Å². The van der Waals surface area contributed by atoms with E-state index in [-0.39, 0.29) is 5.41 Å². The molecular formula is C19H22N4. The highest BCUT2D eigenvalue weighted by atomic mass is 15.1. The second-order valence-corrected chi connectivity index (χ2v) is 7.48. The Kier molecular flexibility index (Phi) is 3.15.